The fourth-order valence-corrected chi connectivity index (χ4v) is 3.61. The van der Waals surface area contributed by atoms with Crippen molar-refractivity contribution in [1.82, 2.24) is 9.97 Å². The lowest BCUT2D eigenvalue weighted by Crippen LogP contribution is -2.46. The number of aliphatic hydroxyl groups excluding tert-OH is 2. The van der Waals surface area contributed by atoms with Crippen LogP contribution in [0.1, 0.15) is 0 Å². The number of aromatic nitrogens is 2. The molecule has 13 nitrogen and oxygen atoms in total. The summed E-state index contributed by atoms with van der Waals surface area (Å²) in [5, 5.41) is 19.8. The molecule has 1 fully saturated rings. The Morgan fingerprint density at radius 2 is 2.20 bits per heavy atom. The molecule has 14 heteroatoms. The van der Waals surface area contributed by atoms with E-state index < -0.39 is 44.7 Å². The van der Waals surface area contributed by atoms with Gasteiger partial charge in [0.1, 0.15) is 29.8 Å². The van der Waals surface area contributed by atoms with Crippen molar-refractivity contribution >= 4 is 25.1 Å². The van der Waals surface area contributed by atoms with Crippen molar-refractivity contribution in [3.8, 4) is 0 Å². The van der Waals surface area contributed by atoms with Crippen LogP contribution in [0.2, 0.25) is 0 Å². The van der Waals surface area contributed by atoms with Crippen LogP contribution >= 0.6 is 7.82 Å². The molecule has 2 aliphatic rings. The van der Waals surface area contributed by atoms with Crippen LogP contribution in [0, 0.1) is 0 Å². The first-order chi connectivity index (χ1) is 11.6. The van der Waals surface area contributed by atoms with Gasteiger partial charge in [0.2, 0.25) is 0 Å². The van der Waals surface area contributed by atoms with Crippen LogP contribution in [0.15, 0.2) is 4.79 Å². The van der Waals surface area contributed by atoms with E-state index >= 15 is 0 Å². The molecule has 0 aromatic carbocycles. The number of nitrogens with zero attached hydrogens (tertiary/aromatic N) is 3. The third-order valence-corrected chi connectivity index (χ3v) is 4.51. The Bertz CT molecular complexity index is 767. The number of aromatic amines is 1. The lowest BCUT2D eigenvalue weighted by molar-refractivity contribution is -0.0218. The van der Waals surface area contributed by atoms with E-state index in [1.165, 1.54) is 4.90 Å². The van der Waals surface area contributed by atoms with Gasteiger partial charge in [-0.05, 0) is 0 Å². The monoisotopic (exact) mass is 379 g/mol. The molecular weight excluding hydrogens is 361 g/mol. The number of fused-ring (bicyclic) bond motifs is 1. The molecular formula is C11H18N5O8P. The lowest BCUT2D eigenvalue weighted by atomic mass is 10.1. The zero-order chi connectivity index (χ0) is 18.5. The molecule has 0 unspecified atom stereocenters. The van der Waals surface area contributed by atoms with Crippen molar-refractivity contribution in [3.05, 3.63) is 10.5 Å². The summed E-state index contributed by atoms with van der Waals surface area (Å²) in [5.74, 6) is 0.218. The Balaban J connectivity index is 1.94. The first kappa shape index (κ1) is 18.1. The highest BCUT2D eigenvalue weighted by Gasteiger charge is 2.51. The molecule has 7 N–H and O–H groups in total. The molecule has 25 heavy (non-hydrogen) atoms. The quantitative estimate of drug-likeness (QED) is 0.293. The Morgan fingerprint density at radius 3 is 2.80 bits per heavy atom. The number of H-pyrrole nitrogens is 1. The summed E-state index contributed by atoms with van der Waals surface area (Å²) in [6, 6.07) is 0. The summed E-state index contributed by atoms with van der Waals surface area (Å²) in [5.41, 5.74) is 5.50. The van der Waals surface area contributed by atoms with E-state index in [1.54, 1.807) is 11.9 Å². The van der Waals surface area contributed by atoms with Crippen LogP contribution in [-0.4, -0.2) is 74.8 Å². The molecule has 140 valence electrons. The van der Waals surface area contributed by atoms with Gasteiger partial charge < -0.3 is 40.3 Å². The SMILES string of the molecule is CN1CN([C@@H]2O[C@H](CO)[C@@H](OP(=O)(O)O)[C@H]2O)c2nc(=O)[nH]c(N)c21. The molecule has 1 aromatic heterocycles. The van der Waals surface area contributed by atoms with Crippen molar-refractivity contribution in [2.75, 3.05) is 35.9 Å². The highest BCUT2D eigenvalue weighted by Crippen LogP contribution is 2.44. The topological polar surface area (TPSA) is 195 Å². The largest absolute Gasteiger partial charge is 0.470 e. The van der Waals surface area contributed by atoms with E-state index in [4.69, 9.17) is 20.3 Å². The fraction of sp³-hybridized carbons (Fsp3) is 0.636. The van der Waals surface area contributed by atoms with E-state index in [0.717, 1.165) is 0 Å². The van der Waals surface area contributed by atoms with Gasteiger partial charge in [-0.25, -0.2) is 9.36 Å². The smallest absolute Gasteiger partial charge is 0.394 e. The molecule has 0 spiro atoms. The molecule has 0 amide bonds. The third-order valence-electron chi connectivity index (χ3n) is 3.99. The second kappa shape index (κ2) is 6.21. The van der Waals surface area contributed by atoms with Crippen LogP contribution in [-0.2, 0) is 13.8 Å². The van der Waals surface area contributed by atoms with Crippen molar-refractivity contribution in [2.24, 2.45) is 0 Å². The second-order valence-corrected chi connectivity index (χ2v) is 6.93. The number of nitrogens with one attached hydrogen (secondary N) is 1. The predicted octanol–water partition coefficient (Wildman–Crippen LogP) is -2.88. The van der Waals surface area contributed by atoms with E-state index in [1.807, 2.05) is 0 Å². The maximum Gasteiger partial charge on any atom is 0.470 e. The number of ether oxygens (including phenoxy) is 1. The van der Waals surface area contributed by atoms with Crippen molar-refractivity contribution in [2.45, 2.75) is 24.5 Å². The van der Waals surface area contributed by atoms with Gasteiger partial charge in [0.05, 0.1) is 13.3 Å². The number of hydrogen-bond donors (Lipinski definition) is 6. The number of nitrogen functional groups attached to an aromatic ring is 1. The van der Waals surface area contributed by atoms with Crippen molar-refractivity contribution < 1.29 is 33.8 Å². The summed E-state index contributed by atoms with van der Waals surface area (Å²) >= 11 is 0. The van der Waals surface area contributed by atoms with Gasteiger partial charge in [-0.2, -0.15) is 4.98 Å². The standard InChI is InChI=1S/C11H18N5O8P/c1-15-3-16(9-5(15)8(12)13-11(19)14-9)10-6(18)7(4(2-17)23-10)24-25(20,21)22/h4,6-7,10,17-18H,2-3H2,1H3,(H2,20,21,22)(H3,12,13,14,19)/t4-,6-,7-,10-/m1/s1. The molecule has 0 saturated carbocycles. The van der Waals surface area contributed by atoms with Gasteiger partial charge >= 0.3 is 13.5 Å². The number of hydrogen-bond acceptors (Lipinski definition) is 10. The average molecular weight is 379 g/mol. The Kier molecular flexibility index (Phi) is 4.49. The number of phosphoric acid groups is 1. The molecule has 0 radical (unpaired) electrons. The molecule has 4 atom stereocenters. The number of aliphatic hydroxyl groups is 2. The minimum Gasteiger partial charge on any atom is -0.394 e. The summed E-state index contributed by atoms with van der Waals surface area (Å²) in [6.07, 6.45) is -5.33. The predicted molar refractivity (Wildman–Crippen MR) is 83.7 cm³/mol. The average Bonchev–Trinajstić information content (AvgIpc) is 2.96. The molecule has 3 rings (SSSR count). The van der Waals surface area contributed by atoms with Gasteiger partial charge in [-0.1, -0.05) is 0 Å². The lowest BCUT2D eigenvalue weighted by Gasteiger charge is -2.27. The Morgan fingerprint density at radius 1 is 1.52 bits per heavy atom. The number of anilines is 3. The molecule has 3 heterocycles. The van der Waals surface area contributed by atoms with E-state index in [2.05, 4.69) is 14.5 Å². The number of rotatable bonds is 4. The van der Waals surface area contributed by atoms with Gasteiger partial charge in [0.25, 0.3) is 0 Å². The first-order valence-electron chi connectivity index (χ1n) is 7.18. The normalized spacial score (nSPS) is 29.3. The van der Waals surface area contributed by atoms with Gasteiger partial charge in [0.15, 0.2) is 12.0 Å². The zero-order valence-corrected chi connectivity index (χ0v) is 13.9. The first-order valence-corrected chi connectivity index (χ1v) is 8.71. The van der Waals surface area contributed by atoms with Crippen molar-refractivity contribution in [1.29, 1.82) is 0 Å². The Labute approximate surface area is 140 Å². The summed E-state index contributed by atoms with van der Waals surface area (Å²) < 4.78 is 21.1. The van der Waals surface area contributed by atoms with E-state index in [0.29, 0.717) is 5.69 Å². The Hall–Kier alpha value is -1.73. The minimum absolute atomic E-state index is 0.0780. The minimum atomic E-state index is -4.93. The summed E-state index contributed by atoms with van der Waals surface area (Å²) in [6.45, 7) is -0.508. The molecule has 1 saturated heterocycles. The highest BCUT2D eigenvalue weighted by molar-refractivity contribution is 7.46. The molecule has 0 aliphatic carbocycles. The van der Waals surface area contributed by atoms with Crippen LogP contribution < -0.4 is 21.2 Å². The van der Waals surface area contributed by atoms with Crippen LogP contribution in [0.5, 0.6) is 0 Å². The molecule has 1 aromatic rings. The molecule has 0 bridgehead atoms. The van der Waals surface area contributed by atoms with Gasteiger partial charge in [-0.15, -0.1) is 0 Å². The van der Waals surface area contributed by atoms with Crippen LogP contribution in [0.4, 0.5) is 17.3 Å². The van der Waals surface area contributed by atoms with E-state index in [9.17, 15) is 19.6 Å². The summed E-state index contributed by atoms with van der Waals surface area (Å²) in [7, 11) is -3.26. The fourth-order valence-electron chi connectivity index (χ4n) is 3.03. The third kappa shape index (κ3) is 3.22. The van der Waals surface area contributed by atoms with Crippen molar-refractivity contribution in [3.63, 3.8) is 0 Å². The van der Waals surface area contributed by atoms with Gasteiger partial charge in [-0.3, -0.25) is 9.51 Å². The van der Waals surface area contributed by atoms with Gasteiger partial charge in [0, 0.05) is 7.05 Å². The number of phosphoric ester groups is 1. The van der Waals surface area contributed by atoms with Crippen LogP contribution in [0.25, 0.3) is 0 Å². The van der Waals surface area contributed by atoms with E-state index in [-0.39, 0.29) is 18.3 Å². The maximum atomic E-state index is 11.6. The number of nitrogens with two attached hydrogens (primary N) is 1. The zero-order valence-electron chi connectivity index (χ0n) is 13.0. The second-order valence-electron chi connectivity index (χ2n) is 5.74. The highest BCUT2D eigenvalue weighted by atomic mass is 31.2. The van der Waals surface area contributed by atoms with Crippen LogP contribution in [0.3, 0.4) is 0 Å². The molecule has 2 aliphatic heterocycles. The maximum absolute atomic E-state index is 11.6. The summed E-state index contributed by atoms with van der Waals surface area (Å²) in [4.78, 5) is 38.8.